The summed E-state index contributed by atoms with van der Waals surface area (Å²) in [7, 11) is 0. The van der Waals surface area contributed by atoms with Crippen LogP contribution in [0, 0.1) is 10.1 Å². The highest BCUT2D eigenvalue weighted by Crippen LogP contribution is 2.32. The molecule has 2 amide bonds. The van der Waals surface area contributed by atoms with Crippen LogP contribution in [0.1, 0.15) is 16.8 Å². The number of nitro benzene ring substituents is 1. The van der Waals surface area contributed by atoms with Gasteiger partial charge in [-0.15, -0.1) is 13.2 Å². The van der Waals surface area contributed by atoms with Gasteiger partial charge in [-0.25, -0.2) is 0 Å². The van der Waals surface area contributed by atoms with Crippen LogP contribution in [0.4, 0.5) is 30.2 Å². The number of nitrogens with one attached hydrogen (secondary N) is 2. The summed E-state index contributed by atoms with van der Waals surface area (Å²) in [6, 6.07) is 6.36. The Morgan fingerprint density at radius 2 is 1.83 bits per heavy atom. The second-order valence-electron chi connectivity index (χ2n) is 5.78. The van der Waals surface area contributed by atoms with E-state index in [4.69, 9.17) is 17.3 Å². The van der Waals surface area contributed by atoms with Crippen molar-refractivity contribution in [1.29, 1.82) is 0 Å². The van der Waals surface area contributed by atoms with Gasteiger partial charge in [0.25, 0.3) is 11.6 Å². The Balaban J connectivity index is 2.19. The van der Waals surface area contributed by atoms with Crippen molar-refractivity contribution in [1.82, 2.24) is 0 Å². The third-order valence-electron chi connectivity index (χ3n) is 3.56. The number of alkyl halides is 3. The summed E-state index contributed by atoms with van der Waals surface area (Å²) in [5.41, 5.74) is 4.39. The number of nitrogens with two attached hydrogens (primary N) is 1. The number of halogens is 4. The molecule has 13 heteroatoms. The lowest BCUT2D eigenvalue weighted by Gasteiger charge is -2.12. The Hall–Kier alpha value is -3.54. The molecule has 0 aromatic heterocycles. The molecule has 0 aliphatic heterocycles. The first-order chi connectivity index (χ1) is 14.0. The lowest BCUT2D eigenvalue weighted by atomic mass is 10.1. The Morgan fingerprint density at radius 3 is 2.37 bits per heavy atom. The SMILES string of the molecule is NC(=O)CCNc1cc(Cl)c(C(=O)Nc2ccc(OC(F)(F)F)cc2)cc1[N+](=O)[O-]. The Labute approximate surface area is 172 Å². The van der Waals surface area contributed by atoms with Crippen molar-refractivity contribution in [2.75, 3.05) is 17.2 Å². The number of carbonyl (C=O) groups is 2. The van der Waals surface area contributed by atoms with Crippen LogP contribution in [0.2, 0.25) is 5.02 Å². The van der Waals surface area contributed by atoms with Crippen LogP contribution in [0.25, 0.3) is 0 Å². The van der Waals surface area contributed by atoms with Gasteiger partial charge in [-0.2, -0.15) is 0 Å². The van der Waals surface area contributed by atoms with Gasteiger partial charge >= 0.3 is 6.36 Å². The molecule has 0 bridgehead atoms. The molecule has 2 aromatic rings. The molecule has 0 aliphatic rings. The lowest BCUT2D eigenvalue weighted by molar-refractivity contribution is -0.384. The monoisotopic (exact) mass is 446 g/mol. The molecule has 0 aliphatic carbocycles. The van der Waals surface area contributed by atoms with Crippen LogP contribution in [-0.4, -0.2) is 29.6 Å². The number of nitrogens with zero attached hydrogens (tertiary/aromatic N) is 1. The molecular formula is C17H14ClF3N4O5. The molecule has 0 heterocycles. The van der Waals surface area contributed by atoms with Crippen molar-refractivity contribution >= 4 is 40.5 Å². The van der Waals surface area contributed by atoms with Crippen LogP contribution in [0.5, 0.6) is 5.75 Å². The van der Waals surface area contributed by atoms with Crippen LogP contribution in [0.3, 0.4) is 0 Å². The van der Waals surface area contributed by atoms with Crippen molar-refractivity contribution in [3.63, 3.8) is 0 Å². The highest BCUT2D eigenvalue weighted by molar-refractivity contribution is 6.35. The van der Waals surface area contributed by atoms with E-state index in [9.17, 15) is 32.9 Å². The van der Waals surface area contributed by atoms with E-state index in [0.717, 1.165) is 36.4 Å². The molecule has 0 unspecified atom stereocenters. The number of primary amides is 1. The van der Waals surface area contributed by atoms with Gasteiger partial charge in [0.05, 0.1) is 15.5 Å². The van der Waals surface area contributed by atoms with E-state index < -0.39 is 34.5 Å². The molecule has 0 saturated heterocycles. The predicted molar refractivity (Wildman–Crippen MR) is 101 cm³/mol. The molecule has 0 radical (unpaired) electrons. The molecule has 30 heavy (non-hydrogen) atoms. The van der Waals surface area contributed by atoms with Gasteiger partial charge in [0.2, 0.25) is 5.91 Å². The third kappa shape index (κ3) is 6.51. The highest BCUT2D eigenvalue weighted by atomic mass is 35.5. The summed E-state index contributed by atoms with van der Waals surface area (Å²) in [5.74, 6) is -1.92. The number of ether oxygens (including phenoxy) is 1. The normalized spacial score (nSPS) is 10.9. The minimum absolute atomic E-state index is 0.0172. The topological polar surface area (TPSA) is 137 Å². The summed E-state index contributed by atoms with van der Waals surface area (Å²) < 4.78 is 40.3. The molecule has 9 nitrogen and oxygen atoms in total. The van der Waals surface area contributed by atoms with E-state index in [0.29, 0.717) is 0 Å². The van der Waals surface area contributed by atoms with Crippen molar-refractivity contribution in [3.05, 3.63) is 57.1 Å². The Kier molecular flexibility index (Phi) is 7.06. The fourth-order valence-corrected chi connectivity index (χ4v) is 2.54. The van der Waals surface area contributed by atoms with Crippen LogP contribution < -0.4 is 21.1 Å². The quantitative estimate of drug-likeness (QED) is 0.418. The number of hydrogen-bond acceptors (Lipinski definition) is 6. The fourth-order valence-electron chi connectivity index (χ4n) is 2.29. The molecule has 160 valence electrons. The van der Waals surface area contributed by atoms with Gasteiger partial charge in [-0.3, -0.25) is 19.7 Å². The van der Waals surface area contributed by atoms with E-state index in [1.165, 1.54) is 0 Å². The molecule has 0 saturated carbocycles. The van der Waals surface area contributed by atoms with Crippen LogP contribution in [-0.2, 0) is 4.79 Å². The Bertz CT molecular complexity index is 967. The minimum Gasteiger partial charge on any atom is -0.406 e. The predicted octanol–water partition coefficient (Wildman–Crippen LogP) is 3.69. The standard InChI is InChI=1S/C17H14ClF3N4O5/c18-12-8-13(23-6-5-15(22)26)14(25(28)29)7-11(12)16(27)24-9-1-3-10(4-2-9)30-17(19,20)21/h1-4,7-8,23H,5-6H2,(H2,22,26)(H,24,27). The second kappa shape index (κ2) is 9.31. The van der Waals surface area contributed by atoms with Crippen LogP contribution >= 0.6 is 11.6 Å². The first-order valence-electron chi connectivity index (χ1n) is 8.13. The smallest absolute Gasteiger partial charge is 0.406 e. The average Bonchev–Trinajstić information content (AvgIpc) is 2.61. The maximum atomic E-state index is 12.4. The summed E-state index contributed by atoms with van der Waals surface area (Å²) in [5, 5.41) is 16.2. The van der Waals surface area contributed by atoms with Gasteiger partial charge in [0.1, 0.15) is 11.4 Å². The summed E-state index contributed by atoms with van der Waals surface area (Å²) in [6.45, 7) is 0.0182. The number of carbonyl (C=O) groups excluding carboxylic acids is 2. The van der Waals surface area contributed by atoms with Crippen molar-refractivity contribution < 1.29 is 32.4 Å². The first kappa shape index (κ1) is 22.7. The average molecular weight is 447 g/mol. The second-order valence-corrected chi connectivity index (χ2v) is 6.18. The molecule has 0 atom stereocenters. The van der Waals surface area contributed by atoms with Crippen molar-refractivity contribution in [2.45, 2.75) is 12.8 Å². The molecule has 2 rings (SSSR count). The summed E-state index contributed by atoms with van der Waals surface area (Å²) in [4.78, 5) is 33.8. The molecule has 0 fully saturated rings. The fraction of sp³-hybridized carbons (Fsp3) is 0.176. The van der Waals surface area contributed by atoms with E-state index in [1.807, 2.05) is 0 Å². The zero-order valence-corrected chi connectivity index (χ0v) is 15.7. The largest absolute Gasteiger partial charge is 0.573 e. The van der Waals surface area contributed by atoms with E-state index >= 15 is 0 Å². The number of benzene rings is 2. The van der Waals surface area contributed by atoms with Gasteiger partial charge < -0.3 is 21.1 Å². The number of hydrogen-bond donors (Lipinski definition) is 3. The summed E-state index contributed by atoms with van der Waals surface area (Å²) in [6.07, 6.45) is -4.94. The van der Waals surface area contributed by atoms with Gasteiger partial charge in [0.15, 0.2) is 0 Å². The minimum atomic E-state index is -4.86. The zero-order chi connectivity index (χ0) is 22.5. The third-order valence-corrected chi connectivity index (χ3v) is 3.87. The molecule has 2 aromatic carbocycles. The number of rotatable bonds is 8. The van der Waals surface area contributed by atoms with E-state index in [1.54, 1.807) is 0 Å². The summed E-state index contributed by atoms with van der Waals surface area (Å²) >= 11 is 6.05. The number of amides is 2. The molecular weight excluding hydrogens is 433 g/mol. The van der Waals surface area contributed by atoms with E-state index in [-0.39, 0.29) is 34.9 Å². The number of anilines is 2. The number of nitro groups is 1. The maximum absolute atomic E-state index is 12.4. The highest BCUT2D eigenvalue weighted by Gasteiger charge is 2.31. The maximum Gasteiger partial charge on any atom is 0.573 e. The van der Waals surface area contributed by atoms with Gasteiger partial charge in [0, 0.05) is 24.7 Å². The van der Waals surface area contributed by atoms with Gasteiger partial charge in [-0.05, 0) is 30.3 Å². The molecule has 0 spiro atoms. The lowest BCUT2D eigenvalue weighted by Crippen LogP contribution is -2.17. The van der Waals surface area contributed by atoms with Crippen molar-refractivity contribution in [2.24, 2.45) is 5.73 Å². The molecule has 4 N–H and O–H groups in total. The van der Waals surface area contributed by atoms with Crippen LogP contribution in [0.15, 0.2) is 36.4 Å². The van der Waals surface area contributed by atoms with Crippen molar-refractivity contribution in [3.8, 4) is 5.75 Å². The Morgan fingerprint density at radius 1 is 1.20 bits per heavy atom. The zero-order valence-electron chi connectivity index (χ0n) is 15.0. The first-order valence-corrected chi connectivity index (χ1v) is 8.51. The van der Waals surface area contributed by atoms with E-state index in [2.05, 4.69) is 15.4 Å². The van der Waals surface area contributed by atoms with Gasteiger partial charge in [-0.1, -0.05) is 11.6 Å².